The van der Waals surface area contributed by atoms with Crippen molar-refractivity contribution >= 4 is 5.97 Å². The summed E-state index contributed by atoms with van der Waals surface area (Å²) in [5.74, 6) is -0.691. The van der Waals surface area contributed by atoms with Crippen LogP contribution >= 0.6 is 0 Å². The second kappa shape index (κ2) is 5.07. The van der Waals surface area contributed by atoms with Crippen LogP contribution in [0.4, 0.5) is 0 Å². The van der Waals surface area contributed by atoms with E-state index in [1.54, 1.807) is 6.20 Å². The summed E-state index contributed by atoms with van der Waals surface area (Å²) in [5, 5.41) is 9.03. The SMILES string of the molecule is O=C(O)[C@H]1CCCN1CCc1cccnc1. The molecule has 0 amide bonds. The molecule has 1 fully saturated rings. The molecule has 0 saturated carbocycles. The largest absolute Gasteiger partial charge is 0.480 e. The molecule has 4 heteroatoms. The van der Waals surface area contributed by atoms with Gasteiger partial charge in [-0.3, -0.25) is 14.7 Å². The maximum absolute atomic E-state index is 11.0. The molecule has 1 N–H and O–H groups in total. The summed E-state index contributed by atoms with van der Waals surface area (Å²) >= 11 is 0. The van der Waals surface area contributed by atoms with E-state index in [9.17, 15) is 4.79 Å². The minimum atomic E-state index is -0.691. The van der Waals surface area contributed by atoms with Crippen LogP contribution < -0.4 is 0 Å². The van der Waals surface area contributed by atoms with E-state index in [1.807, 2.05) is 18.3 Å². The van der Waals surface area contributed by atoms with Gasteiger partial charge in [-0.15, -0.1) is 0 Å². The van der Waals surface area contributed by atoms with E-state index in [0.29, 0.717) is 0 Å². The van der Waals surface area contributed by atoms with Gasteiger partial charge in [0.15, 0.2) is 0 Å². The molecule has 4 nitrogen and oxygen atoms in total. The van der Waals surface area contributed by atoms with E-state index < -0.39 is 5.97 Å². The Bertz CT molecular complexity index is 353. The molecule has 16 heavy (non-hydrogen) atoms. The zero-order chi connectivity index (χ0) is 11.4. The molecule has 86 valence electrons. The summed E-state index contributed by atoms with van der Waals surface area (Å²) < 4.78 is 0. The summed E-state index contributed by atoms with van der Waals surface area (Å²) in [4.78, 5) is 17.1. The number of carbonyl (C=O) groups is 1. The Balaban J connectivity index is 1.88. The number of aromatic nitrogens is 1. The first-order valence-corrected chi connectivity index (χ1v) is 5.63. The van der Waals surface area contributed by atoms with Crippen molar-refractivity contribution in [2.75, 3.05) is 13.1 Å². The van der Waals surface area contributed by atoms with Gasteiger partial charge in [-0.25, -0.2) is 0 Å². The van der Waals surface area contributed by atoms with Crippen molar-refractivity contribution in [2.45, 2.75) is 25.3 Å². The smallest absolute Gasteiger partial charge is 0.320 e. The topological polar surface area (TPSA) is 53.4 Å². The van der Waals surface area contributed by atoms with Gasteiger partial charge in [-0.1, -0.05) is 6.07 Å². The van der Waals surface area contributed by atoms with Crippen LogP contribution in [-0.4, -0.2) is 40.1 Å². The third-order valence-corrected chi connectivity index (χ3v) is 3.06. The monoisotopic (exact) mass is 220 g/mol. The molecule has 2 rings (SSSR count). The predicted molar refractivity (Wildman–Crippen MR) is 60.2 cm³/mol. The Morgan fingerprint density at radius 1 is 1.62 bits per heavy atom. The molecule has 0 bridgehead atoms. The van der Waals surface area contributed by atoms with Crippen LogP contribution in [0.2, 0.25) is 0 Å². The number of hydrogen-bond acceptors (Lipinski definition) is 3. The van der Waals surface area contributed by atoms with Crippen molar-refractivity contribution in [1.29, 1.82) is 0 Å². The molecule has 0 radical (unpaired) electrons. The summed E-state index contributed by atoms with van der Waals surface area (Å²) in [6.07, 6.45) is 6.23. The van der Waals surface area contributed by atoms with Crippen LogP contribution in [0.15, 0.2) is 24.5 Å². The lowest BCUT2D eigenvalue weighted by Gasteiger charge is -2.20. The maximum Gasteiger partial charge on any atom is 0.320 e. The van der Waals surface area contributed by atoms with Gasteiger partial charge in [0.25, 0.3) is 0 Å². The third kappa shape index (κ3) is 2.58. The second-order valence-electron chi connectivity index (χ2n) is 4.14. The number of aliphatic carboxylic acids is 1. The Labute approximate surface area is 94.9 Å². The molecule has 1 saturated heterocycles. The molecule has 1 aromatic rings. The normalized spacial score (nSPS) is 21.1. The highest BCUT2D eigenvalue weighted by Gasteiger charge is 2.29. The van der Waals surface area contributed by atoms with Gasteiger partial charge in [0.1, 0.15) is 6.04 Å². The van der Waals surface area contributed by atoms with Crippen LogP contribution in [0, 0.1) is 0 Å². The Morgan fingerprint density at radius 2 is 2.50 bits per heavy atom. The van der Waals surface area contributed by atoms with Crippen molar-refractivity contribution in [3.63, 3.8) is 0 Å². The quantitative estimate of drug-likeness (QED) is 0.827. The average Bonchev–Trinajstić information content (AvgIpc) is 2.76. The third-order valence-electron chi connectivity index (χ3n) is 3.06. The molecule has 0 spiro atoms. The standard InChI is InChI=1S/C12H16N2O2/c15-12(16)11-4-2-7-14(11)8-5-10-3-1-6-13-9-10/h1,3,6,9,11H,2,4-5,7-8H2,(H,15,16)/t11-/m1/s1. The van der Waals surface area contributed by atoms with Crippen molar-refractivity contribution in [3.8, 4) is 0 Å². The summed E-state index contributed by atoms with van der Waals surface area (Å²) in [7, 11) is 0. The van der Waals surface area contributed by atoms with E-state index in [1.165, 1.54) is 5.56 Å². The van der Waals surface area contributed by atoms with Crippen molar-refractivity contribution in [2.24, 2.45) is 0 Å². The first kappa shape index (κ1) is 11.1. The first-order chi connectivity index (χ1) is 7.77. The highest BCUT2D eigenvalue weighted by Crippen LogP contribution is 2.17. The second-order valence-corrected chi connectivity index (χ2v) is 4.14. The molecule has 1 aliphatic heterocycles. The van der Waals surface area contributed by atoms with Gasteiger partial charge < -0.3 is 5.11 Å². The van der Waals surface area contributed by atoms with Crippen molar-refractivity contribution in [3.05, 3.63) is 30.1 Å². The summed E-state index contributed by atoms with van der Waals surface area (Å²) in [6, 6.07) is 3.66. The van der Waals surface area contributed by atoms with Gasteiger partial charge in [-0.2, -0.15) is 0 Å². The van der Waals surface area contributed by atoms with Crippen LogP contribution in [0.25, 0.3) is 0 Å². The minimum absolute atomic E-state index is 0.281. The van der Waals surface area contributed by atoms with Gasteiger partial charge in [0, 0.05) is 18.9 Å². The fraction of sp³-hybridized carbons (Fsp3) is 0.500. The van der Waals surface area contributed by atoms with Gasteiger partial charge in [0.05, 0.1) is 0 Å². The maximum atomic E-state index is 11.0. The lowest BCUT2D eigenvalue weighted by Crippen LogP contribution is -2.37. The molecule has 0 unspecified atom stereocenters. The molecule has 2 heterocycles. The molecule has 0 aliphatic carbocycles. The fourth-order valence-corrected chi connectivity index (χ4v) is 2.19. The van der Waals surface area contributed by atoms with E-state index in [-0.39, 0.29) is 6.04 Å². The summed E-state index contributed by atoms with van der Waals surface area (Å²) in [5.41, 5.74) is 1.17. The zero-order valence-corrected chi connectivity index (χ0v) is 9.17. The van der Waals surface area contributed by atoms with Crippen LogP contribution in [0.1, 0.15) is 18.4 Å². The van der Waals surface area contributed by atoms with Crippen LogP contribution in [-0.2, 0) is 11.2 Å². The fourth-order valence-electron chi connectivity index (χ4n) is 2.19. The van der Waals surface area contributed by atoms with E-state index >= 15 is 0 Å². The molecular weight excluding hydrogens is 204 g/mol. The highest BCUT2D eigenvalue weighted by molar-refractivity contribution is 5.73. The average molecular weight is 220 g/mol. The zero-order valence-electron chi connectivity index (χ0n) is 9.17. The first-order valence-electron chi connectivity index (χ1n) is 5.63. The number of hydrogen-bond donors (Lipinski definition) is 1. The number of carboxylic acid groups (broad SMARTS) is 1. The molecule has 1 atom stereocenters. The molecule has 1 aromatic heterocycles. The van der Waals surface area contributed by atoms with E-state index in [4.69, 9.17) is 5.11 Å². The molecule has 0 aromatic carbocycles. The van der Waals surface area contributed by atoms with Gasteiger partial charge in [0.2, 0.25) is 0 Å². The van der Waals surface area contributed by atoms with Gasteiger partial charge >= 0.3 is 5.97 Å². The van der Waals surface area contributed by atoms with E-state index in [2.05, 4.69) is 9.88 Å². The van der Waals surface area contributed by atoms with Crippen LogP contribution in [0.5, 0.6) is 0 Å². The highest BCUT2D eigenvalue weighted by atomic mass is 16.4. The number of pyridine rings is 1. The Kier molecular flexibility index (Phi) is 3.51. The lowest BCUT2D eigenvalue weighted by molar-refractivity contribution is -0.142. The van der Waals surface area contributed by atoms with Crippen molar-refractivity contribution < 1.29 is 9.90 Å². The summed E-state index contributed by atoms with van der Waals surface area (Å²) in [6.45, 7) is 1.71. The molecular formula is C12H16N2O2. The van der Waals surface area contributed by atoms with E-state index in [0.717, 1.165) is 32.4 Å². The predicted octanol–water partition coefficient (Wildman–Crippen LogP) is 1.17. The van der Waals surface area contributed by atoms with Crippen LogP contribution in [0.3, 0.4) is 0 Å². The number of nitrogens with zero attached hydrogens (tertiary/aromatic N) is 2. The van der Waals surface area contributed by atoms with Crippen molar-refractivity contribution in [1.82, 2.24) is 9.88 Å². The van der Waals surface area contributed by atoms with Gasteiger partial charge in [-0.05, 0) is 37.4 Å². The minimum Gasteiger partial charge on any atom is -0.480 e. The molecule has 1 aliphatic rings. The number of likely N-dealkylation sites (tertiary alicyclic amines) is 1. The lowest BCUT2D eigenvalue weighted by atomic mass is 10.2. The number of rotatable bonds is 4. The Hall–Kier alpha value is -1.42. The number of carboxylic acids is 1. The Morgan fingerprint density at radius 3 is 3.19 bits per heavy atom.